The topological polar surface area (TPSA) is 110 Å². The van der Waals surface area contributed by atoms with Crippen molar-refractivity contribution in [2.75, 3.05) is 6.61 Å². The van der Waals surface area contributed by atoms with Crippen molar-refractivity contribution in [1.29, 1.82) is 0 Å². The first-order valence-corrected chi connectivity index (χ1v) is 34.4. The minimum Gasteiger partial charge on any atom is -0.394 e. The fourth-order valence-electron chi connectivity index (χ4n) is 11.5. The summed E-state index contributed by atoms with van der Waals surface area (Å²) in [5.41, 5.74) is 0. The maximum Gasteiger partial charge on any atom is 0.249 e. The predicted molar refractivity (Wildman–Crippen MR) is 325 cm³/mol. The molecule has 74 heavy (non-hydrogen) atoms. The van der Waals surface area contributed by atoms with Crippen molar-refractivity contribution in [3.8, 4) is 0 Å². The Kier molecular flexibility index (Phi) is 62.6. The number of amides is 1. The molecule has 4 unspecified atom stereocenters. The Labute approximate surface area is 464 Å². The van der Waals surface area contributed by atoms with Crippen LogP contribution in [-0.4, -0.2) is 57.3 Å². The second-order valence-electron chi connectivity index (χ2n) is 24.2. The number of unbranched alkanes of at least 4 members (excludes halogenated alkanes) is 56. The Morgan fingerprint density at radius 1 is 0.284 bits per heavy atom. The van der Waals surface area contributed by atoms with E-state index in [1.54, 1.807) is 0 Å². The van der Waals surface area contributed by atoms with Crippen LogP contribution >= 0.6 is 0 Å². The molecule has 0 aliphatic heterocycles. The van der Waals surface area contributed by atoms with Crippen LogP contribution in [0.4, 0.5) is 0 Å². The van der Waals surface area contributed by atoms with Crippen LogP contribution in [0.1, 0.15) is 399 Å². The summed E-state index contributed by atoms with van der Waals surface area (Å²) in [6.07, 6.45) is 76.5. The van der Waals surface area contributed by atoms with Crippen LogP contribution in [0.25, 0.3) is 0 Å². The van der Waals surface area contributed by atoms with Crippen molar-refractivity contribution in [2.45, 2.75) is 423 Å². The van der Waals surface area contributed by atoms with Gasteiger partial charge in [0.05, 0.1) is 18.8 Å². The molecular formula is C68H137NO5. The number of carbonyl (C=O) groups is 1. The number of carbonyl (C=O) groups excluding carboxylic acids is 1. The van der Waals surface area contributed by atoms with Crippen molar-refractivity contribution < 1.29 is 25.2 Å². The summed E-state index contributed by atoms with van der Waals surface area (Å²) in [7, 11) is 0. The average Bonchev–Trinajstić information content (AvgIpc) is 3.41. The minimum atomic E-state index is -1.26. The van der Waals surface area contributed by atoms with Crippen molar-refractivity contribution >= 4 is 5.91 Å². The second-order valence-corrected chi connectivity index (χ2v) is 24.2. The molecule has 6 nitrogen and oxygen atoms in total. The number of rotatable bonds is 65. The molecule has 4 atom stereocenters. The third-order valence-electron chi connectivity index (χ3n) is 16.8. The average molecular weight is 1050 g/mol. The Hall–Kier alpha value is -0.690. The van der Waals surface area contributed by atoms with E-state index in [0.29, 0.717) is 12.8 Å². The number of aliphatic hydroxyl groups is 4. The van der Waals surface area contributed by atoms with E-state index in [1.165, 1.54) is 334 Å². The molecule has 0 rings (SSSR count). The van der Waals surface area contributed by atoms with E-state index in [4.69, 9.17) is 0 Å². The number of hydrogen-bond donors (Lipinski definition) is 5. The van der Waals surface area contributed by atoms with E-state index in [-0.39, 0.29) is 0 Å². The molecule has 0 radical (unpaired) electrons. The van der Waals surface area contributed by atoms with Crippen molar-refractivity contribution in [3.63, 3.8) is 0 Å². The maximum absolute atomic E-state index is 12.7. The molecule has 0 aromatic carbocycles. The monoisotopic (exact) mass is 1050 g/mol. The Balaban J connectivity index is 3.51. The molecular weight excluding hydrogens is 911 g/mol. The lowest BCUT2D eigenvalue weighted by Gasteiger charge is -2.27. The smallest absolute Gasteiger partial charge is 0.249 e. The van der Waals surface area contributed by atoms with Crippen molar-refractivity contribution in [3.05, 3.63) is 0 Å². The molecule has 0 bridgehead atoms. The van der Waals surface area contributed by atoms with Gasteiger partial charge in [0.1, 0.15) is 12.2 Å². The van der Waals surface area contributed by atoms with Crippen LogP contribution in [0.15, 0.2) is 0 Å². The van der Waals surface area contributed by atoms with Crippen LogP contribution in [-0.2, 0) is 4.79 Å². The highest BCUT2D eigenvalue weighted by Gasteiger charge is 2.28. The zero-order chi connectivity index (χ0) is 53.7. The molecule has 0 saturated heterocycles. The van der Waals surface area contributed by atoms with Gasteiger partial charge in [0.25, 0.3) is 0 Å². The van der Waals surface area contributed by atoms with Gasteiger partial charge in [-0.1, -0.05) is 386 Å². The first-order valence-electron chi connectivity index (χ1n) is 34.4. The molecule has 6 heteroatoms. The molecule has 0 heterocycles. The standard InChI is InChI=1S/C68H137NO5/c1-3-5-7-9-11-13-15-17-19-21-23-25-27-29-31-32-33-34-35-36-38-39-41-43-45-47-49-51-53-55-57-59-61-65(71)67(73)64(63-70)69-68(74)66(72)62-60-58-56-54-52-50-48-46-44-42-40-37-30-28-26-24-22-20-18-16-14-12-10-8-6-4-2/h64-67,70-73H,3-63H2,1-2H3,(H,69,74). The van der Waals surface area contributed by atoms with Crippen molar-refractivity contribution in [2.24, 2.45) is 0 Å². The number of aliphatic hydroxyl groups excluding tert-OH is 4. The van der Waals surface area contributed by atoms with E-state index in [9.17, 15) is 25.2 Å². The highest BCUT2D eigenvalue weighted by atomic mass is 16.3. The van der Waals surface area contributed by atoms with Gasteiger partial charge in [0.15, 0.2) is 0 Å². The summed E-state index contributed by atoms with van der Waals surface area (Å²) < 4.78 is 0. The van der Waals surface area contributed by atoms with Gasteiger partial charge in [-0.25, -0.2) is 0 Å². The van der Waals surface area contributed by atoms with Crippen LogP contribution in [0.2, 0.25) is 0 Å². The molecule has 0 aromatic rings. The van der Waals surface area contributed by atoms with E-state index >= 15 is 0 Å². The lowest BCUT2D eigenvalue weighted by molar-refractivity contribution is -0.132. The molecule has 0 spiro atoms. The Morgan fingerprint density at radius 2 is 0.459 bits per heavy atom. The third kappa shape index (κ3) is 56.0. The fraction of sp³-hybridized carbons (Fsp3) is 0.985. The summed E-state index contributed by atoms with van der Waals surface area (Å²) in [4.78, 5) is 12.7. The predicted octanol–water partition coefficient (Wildman–Crippen LogP) is 21.0. The summed E-state index contributed by atoms with van der Waals surface area (Å²) in [5, 5.41) is 44.2. The lowest BCUT2D eigenvalue weighted by atomic mass is 9.99. The molecule has 0 aromatic heterocycles. The van der Waals surface area contributed by atoms with E-state index in [1.807, 2.05) is 0 Å². The summed E-state index contributed by atoms with van der Waals surface area (Å²) in [6.45, 7) is 4.12. The second kappa shape index (κ2) is 63.1. The highest BCUT2D eigenvalue weighted by Crippen LogP contribution is 2.20. The molecule has 5 N–H and O–H groups in total. The van der Waals surface area contributed by atoms with Gasteiger partial charge in [-0.3, -0.25) is 4.79 Å². The molecule has 0 aliphatic carbocycles. The largest absolute Gasteiger partial charge is 0.394 e. The molecule has 0 aliphatic rings. The molecule has 0 saturated carbocycles. The molecule has 444 valence electrons. The minimum absolute atomic E-state index is 0.377. The van der Waals surface area contributed by atoms with Gasteiger partial charge in [-0.2, -0.15) is 0 Å². The van der Waals surface area contributed by atoms with E-state index < -0.39 is 36.9 Å². The van der Waals surface area contributed by atoms with Crippen LogP contribution in [0, 0.1) is 0 Å². The third-order valence-corrected chi connectivity index (χ3v) is 16.8. The summed E-state index contributed by atoms with van der Waals surface area (Å²) in [5.74, 6) is -0.573. The Bertz CT molecular complexity index is 1040. The first-order chi connectivity index (χ1) is 36.5. The first kappa shape index (κ1) is 73.3. The highest BCUT2D eigenvalue weighted by molar-refractivity contribution is 5.80. The Morgan fingerprint density at radius 3 is 0.649 bits per heavy atom. The van der Waals surface area contributed by atoms with Crippen molar-refractivity contribution in [1.82, 2.24) is 5.32 Å². The number of hydrogen-bond acceptors (Lipinski definition) is 5. The molecule has 0 fully saturated rings. The summed E-state index contributed by atoms with van der Waals surface area (Å²) >= 11 is 0. The fourth-order valence-corrected chi connectivity index (χ4v) is 11.5. The molecule has 1 amide bonds. The van der Waals surface area contributed by atoms with Gasteiger partial charge in [0, 0.05) is 0 Å². The summed E-state index contributed by atoms with van der Waals surface area (Å²) in [6, 6.07) is -0.982. The quantitative estimate of drug-likeness (QED) is 0.0390. The van der Waals surface area contributed by atoms with Gasteiger partial charge in [0.2, 0.25) is 5.91 Å². The number of nitrogens with one attached hydrogen (secondary N) is 1. The van der Waals surface area contributed by atoms with Crippen LogP contribution in [0.3, 0.4) is 0 Å². The SMILES string of the molecule is CCCCCCCCCCCCCCCCCCCCCCCCCCCCCCCCCCC(O)C(O)C(CO)NC(=O)C(O)CCCCCCCCCCCCCCCCCCCCCCCCCCCC. The zero-order valence-electron chi connectivity index (χ0n) is 50.6. The van der Waals surface area contributed by atoms with Gasteiger partial charge in [-0.15, -0.1) is 0 Å². The van der Waals surface area contributed by atoms with E-state index in [2.05, 4.69) is 19.2 Å². The van der Waals surface area contributed by atoms with E-state index in [0.717, 1.165) is 38.5 Å². The van der Waals surface area contributed by atoms with Crippen LogP contribution in [0.5, 0.6) is 0 Å². The maximum atomic E-state index is 12.7. The van der Waals surface area contributed by atoms with Gasteiger partial charge < -0.3 is 25.7 Å². The normalized spacial score (nSPS) is 13.4. The lowest BCUT2D eigenvalue weighted by Crippen LogP contribution is -2.53. The zero-order valence-corrected chi connectivity index (χ0v) is 50.6. The van der Waals surface area contributed by atoms with Gasteiger partial charge >= 0.3 is 0 Å². The van der Waals surface area contributed by atoms with Crippen LogP contribution < -0.4 is 5.32 Å². The van der Waals surface area contributed by atoms with Gasteiger partial charge in [-0.05, 0) is 12.8 Å².